The van der Waals surface area contributed by atoms with Crippen LogP contribution in [0.2, 0.25) is 0 Å². The molecule has 2 N–H and O–H groups in total. The van der Waals surface area contributed by atoms with Crippen molar-refractivity contribution in [2.75, 3.05) is 25.5 Å². The van der Waals surface area contributed by atoms with E-state index in [2.05, 4.69) is 10.1 Å². The van der Waals surface area contributed by atoms with Crippen LogP contribution >= 0.6 is 23.4 Å². The maximum atomic E-state index is 12.1. The first kappa shape index (κ1) is 15.9. The molecule has 0 aromatic rings. The van der Waals surface area contributed by atoms with Crippen LogP contribution in [0.5, 0.6) is 0 Å². The third-order valence-corrected chi connectivity index (χ3v) is 4.48. The zero-order valence-electron chi connectivity index (χ0n) is 11.0. The van der Waals surface area contributed by atoms with Gasteiger partial charge in [0.1, 0.15) is 17.1 Å². The normalized spacial score (nSPS) is 24.3. The van der Waals surface area contributed by atoms with Crippen LogP contribution in [-0.4, -0.2) is 64.9 Å². The number of carboxylic acids is 1. The number of nitrogens with zero attached hydrogens (tertiary/aromatic N) is 1. The molecule has 2 unspecified atom stereocenters. The largest absolute Gasteiger partial charge is 0.477 e. The van der Waals surface area contributed by atoms with Crippen LogP contribution in [0.15, 0.2) is 11.3 Å². The summed E-state index contributed by atoms with van der Waals surface area (Å²) in [6.07, 6.45) is -0.813. The van der Waals surface area contributed by atoms with Crippen LogP contribution in [0.3, 0.4) is 0 Å². The molecule has 10 heteroatoms. The molecule has 2 aliphatic heterocycles. The average molecular weight is 337 g/mol. The van der Waals surface area contributed by atoms with Gasteiger partial charge >= 0.3 is 12.1 Å². The second kappa shape index (κ2) is 6.54. The van der Waals surface area contributed by atoms with E-state index in [4.69, 9.17) is 16.3 Å². The number of hydrogen-bond acceptors (Lipinski definition) is 6. The molecule has 0 spiro atoms. The van der Waals surface area contributed by atoms with Crippen molar-refractivity contribution in [2.45, 2.75) is 11.4 Å². The summed E-state index contributed by atoms with van der Waals surface area (Å²) < 4.78 is 9.45. The summed E-state index contributed by atoms with van der Waals surface area (Å²) in [6.45, 7) is 0.136. The number of halogens is 1. The van der Waals surface area contributed by atoms with E-state index in [0.717, 1.165) is 4.90 Å². The van der Waals surface area contributed by atoms with Gasteiger partial charge in [0.15, 0.2) is 6.07 Å². The van der Waals surface area contributed by atoms with Gasteiger partial charge in [-0.3, -0.25) is 9.69 Å². The van der Waals surface area contributed by atoms with Crippen LogP contribution in [0.25, 0.3) is 0 Å². The number of nitrogens with one attached hydrogen (secondary N) is 1. The summed E-state index contributed by atoms with van der Waals surface area (Å²) in [5.74, 6) is -1.28. The third kappa shape index (κ3) is 2.94. The molecule has 2 atom stereocenters. The number of carbonyl (C=O) groups excluding carboxylic acids is 2. The minimum Gasteiger partial charge on any atom is -0.477 e. The van der Waals surface area contributed by atoms with E-state index in [1.54, 1.807) is 0 Å². The fourth-order valence-corrected chi connectivity index (χ4v) is 3.61. The fourth-order valence-electron chi connectivity index (χ4n) is 2.19. The lowest BCUT2D eigenvalue weighted by molar-refractivity contribution is -0.149. The Labute approximate surface area is 129 Å². The van der Waals surface area contributed by atoms with Gasteiger partial charge in [-0.25, -0.2) is 9.59 Å². The Morgan fingerprint density at radius 3 is 2.86 bits per heavy atom. The van der Waals surface area contributed by atoms with Crippen LogP contribution in [0, 0.1) is 0 Å². The number of rotatable bonds is 5. The van der Waals surface area contributed by atoms with Crippen molar-refractivity contribution in [1.82, 2.24) is 10.2 Å². The first-order chi connectivity index (χ1) is 10.0. The lowest BCUT2D eigenvalue weighted by atomic mass is 10.0. The number of β-lactam (4-membered cyclic amide) rings is 1. The zero-order chi connectivity index (χ0) is 15.6. The SMILES string of the molecule is COCC1=C(C(=O)O)N2C(=O)C(NC(=O)OCCl)C2SC1. The van der Waals surface area contributed by atoms with Gasteiger partial charge in [-0.05, 0) is 5.57 Å². The van der Waals surface area contributed by atoms with Gasteiger partial charge in [0.05, 0.1) is 6.61 Å². The van der Waals surface area contributed by atoms with Gasteiger partial charge in [0.25, 0.3) is 5.91 Å². The zero-order valence-corrected chi connectivity index (χ0v) is 12.6. The van der Waals surface area contributed by atoms with Gasteiger partial charge in [0.2, 0.25) is 0 Å². The number of carboxylic acid groups (broad SMARTS) is 1. The highest BCUT2D eigenvalue weighted by Crippen LogP contribution is 2.40. The first-order valence-corrected chi connectivity index (χ1v) is 7.47. The Bertz CT molecular complexity index is 511. The number of fused-ring (bicyclic) bond motifs is 1. The molecule has 1 fully saturated rings. The molecule has 1 saturated heterocycles. The molecule has 21 heavy (non-hydrogen) atoms. The Hall–Kier alpha value is -1.45. The summed E-state index contributed by atoms with van der Waals surface area (Å²) in [5, 5.41) is 11.2. The highest BCUT2D eigenvalue weighted by atomic mass is 35.5. The van der Waals surface area contributed by atoms with Crippen molar-refractivity contribution in [3.05, 3.63) is 11.3 Å². The van der Waals surface area contributed by atoms with E-state index in [9.17, 15) is 19.5 Å². The topological polar surface area (TPSA) is 105 Å². The summed E-state index contributed by atoms with van der Waals surface area (Å²) in [4.78, 5) is 35.9. The van der Waals surface area contributed by atoms with Crippen LogP contribution < -0.4 is 5.32 Å². The van der Waals surface area contributed by atoms with Gasteiger partial charge in [0, 0.05) is 12.9 Å². The molecule has 0 saturated carbocycles. The molecule has 8 nitrogen and oxygen atoms in total. The van der Waals surface area contributed by atoms with Crippen molar-refractivity contribution in [3.63, 3.8) is 0 Å². The van der Waals surface area contributed by atoms with Gasteiger partial charge in [-0.1, -0.05) is 11.6 Å². The number of aliphatic carboxylic acids is 1. The van der Waals surface area contributed by atoms with Crippen LogP contribution in [0.1, 0.15) is 0 Å². The summed E-state index contributed by atoms with van der Waals surface area (Å²) in [5.41, 5.74) is 0.454. The molecule has 0 bridgehead atoms. The number of thioether (sulfide) groups is 1. The number of hydrogen-bond donors (Lipinski definition) is 2. The van der Waals surface area contributed by atoms with Crippen molar-refractivity contribution in [2.24, 2.45) is 0 Å². The number of ether oxygens (including phenoxy) is 2. The number of carbonyl (C=O) groups is 3. The van der Waals surface area contributed by atoms with E-state index in [-0.39, 0.29) is 18.4 Å². The molecular formula is C11H13ClN2O6S. The minimum absolute atomic E-state index is 0.0747. The molecule has 2 heterocycles. The van der Waals surface area contributed by atoms with Gasteiger partial charge in [-0.15, -0.1) is 11.8 Å². The van der Waals surface area contributed by atoms with E-state index < -0.39 is 29.4 Å². The maximum absolute atomic E-state index is 12.1. The lowest BCUT2D eigenvalue weighted by Crippen LogP contribution is -2.70. The number of methoxy groups -OCH3 is 1. The predicted molar refractivity (Wildman–Crippen MR) is 73.8 cm³/mol. The molecular weight excluding hydrogens is 324 g/mol. The molecule has 0 aromatic heterocycles. The standard InChI is InChI=1S/C11H13ClN2O6S/c1-19-2-5-3-21-9-6(13-11(18)20-4-12)8(15)14(9)7(5)10(16)17/h6,9H,2-4H2,1H3,(H,13,18)(H,16,17). The van der Waals surface area contributed by atoms with Crippen LogP contribution in [-0.2, 0) is 19.1 Å². The van der Waals surface area contributed by atoms with Crippen molar-refractivity contribution in [3.8, 4) is 0 Å². The first-order valence-electron chi connectivity index (χ1n) is 5.89. The Morgan fingerprint density at radius 2 is 2.29 bits per heavy atom. The van der Waals surface area contributed by atoms with E-state index in [1.165, 1.54) is 18.9 Å². The summed E-state index contributed by atoms with van der Waals surface area (Å²) >= 11 is 6.61. The molecule has 0 aromatic carbocycles. The van der Waals surface area contributed by atoms with E-state index in [0.29, 0.717) is 11.3 Å². The number of amides is 2. The van der Waals surface area contributed by atoms with Crippen molar-refractivity contribution in [1.29, 1.82) is 0 Å². The number of alkyl carbamates (subject to hydrolysis) is 1. The predicted octanol–water partition coefficient (Wildman–Crippen LogP) is 0.178. The average Bonchev–Trinajstić information content (AvgIpc) is 2.44. The third-order valence-electron chi connectivity index (χ3n) is 3.03. The lowest BCUT2D eigenvalue weighted by Gasteiger charge is -2.49. The Morgan fingerprint density at radius 1 is 1.57 bits per heavy atom. The Balaban J connectivity index is 2.15. The molecule has 2 amide bonds. The smallest absolute Gasteiger partial charge is 0.409 e. The van der Waals surface area contributed by atoms with Gasteiger partial charge in [-0.2, -0.15) is 0 Å². The summed E-state index contributed by atoms with van der Waals surface area (Å²) in [6, 6.07) is -1.14. The fraction of sp³-hybridized carbons (Fsp3) is 0.545. The molecule has 0 aliphatic carbocycles. The molecule has 2 aliphatic rings. The van der Waals surface area contributed by atoms with Crippen molar-refractivity contribution >= 4 is 41.3 Å². The van der Waals surface area contributed by atoms with Crippen LogP contribution in [0.4, 0.5) is 4.79 Å². The molecule has 116 valence electrons. The van der Waals surface area contributed by atoms with E-state index >= 15 is 0 Å². The molecule has 2 rings (SSSR count). The number of alkyl halides is 1. The maximum Gasteiger partial charge on any atom is 0.409 e. The molecule has 0 radical (unpaired) electrons. The highest BCUT2D eigenvalue weighted by molar-refractivity contribution is 8.00. The van der Waals surface area contributed by atoms with E-state index in [1.807, 2.05) is 0 Å². The minimum atomic E-state index is -1.19. The monoisotopic (exact) mass is 336 g/mol. The van der Waals surface area contributed by atoms with Crippen molar-refractivity contribution < 1.29 is 29.0 Å². The van der Waals surface area contributed by atoms with Gasteiger partial charge < -0.3 is 19.9 Å². The second-order valence-electron chi connectivity index (χ2n) is 4.26. The highest BCUT2D eigenvalue weighted by Gasteiger charge is 2.54. The Kier molecular flexibility index (Phi) is 4.96. The second-order valence-corrected chi connectivity index (χ2v) is 5.59. The quantitative estimate of drug-likeness (QED) is 0.545. The summed E-state index contributed by atoms with van der Waals surface area (Å²) in [7, 11) is 1.45.